The molecule has 0 aromatic heterocycles. The van der Waals surface area contributed by atoms with Crippen LogP contribution in [0.4, 0.5) is 8.78 Å². The molecule has 3 nitrogen and oxygen atoms in total. The molecule has 25 heavy (non-hydrogen) atoms. The van der Waals surface area contributed by atoms with Gasteiger partial charge >= 0.3 is 5.97 Å². The van der Waals surface area contributed by atoms with Crippen LogP contribution >= 0.6 is 0 Å². The standard InChI is InChI=1S/C20H23F2NO2/c1-11-5-3-4-6-13(11)15-9-14(12-7-8-12)19(21)18(20(15,2)22)16(23)10-17(24)25/h3-6,9,12,16,18H,7-8,10,23H2,1-2H3,(H,24,25). The summed E-state index contributed by atoms with van der Waals surface area (Å²) in [6.07, 6.45) is 2.88. The number of carboxylic acids is 1. The highest BCUT2D eigenvalue weighted by Gasteiger charge is 2.50. The van der Waals surface area contributed by atoms with E-state index in [4.69, 9.17) is 10.8 Å². The van der Waals surface area contributed by atoms with Gasteiger partial charge in [-0.25, -0.2) is 8.78 Å². The third kappa shape index (κ3) is 3.25. The van der Waals surface area contributed by atoms with Crippen molar-refractivity contribution in [2.45, 2.75) is 44.8 Å². The fourth-order valence-corrected chi connectivity index (χ4v) is 3.78. The number of carboxylic acid groups (broad SMARTS) is 1. The number of allylic oxidation sites excluding steroid dienone is 3. The van der Waals surface area contributed by atoms with Crippen LogP contribution in [0.2, 0.25) is 0 Å². The van der Waals surface area contributed by atoms with Crippen molar-refractivity contribution in [2.24, 2.45) is 17.6 Å². The van der Waals surface area contributed by atoms with Gasteiger partial charge in [-0.3, -0.25) is 4.79 Å². The highest BCUT2D eigenvalue weighted by atomic mass is 19.2. The number of hydrogen-bond acceptors (Lipinski definition) is 2. The molecule has 1 saturated carbocycles. The SMILES string of the molecule is Cc1ccccc1C1=CC(C2CC2)=C(F)C(C(N)CC(=O)O)C1(C)F. The minimum Gasteiger partial charge on any atom is -0.481 e. The molecule has 0 radical (unpaired) electrons. The van der Waals surface area contributed by atoms with Crippen molar-refractivity contribution in [1.82, 2.24) is 0 Å². The Balaban J connectivity index is 2.13. The molecule has 1 aromatic rings. The molecule has 0 saturated heterocycles. The quantitative estimate of drug-likeness (QED) is 0.840. The summed E-state index contributed by atoms with van der Waals surface area (Å²) in [6, 6.07) is 6.24. The zero-order valence-corrected chi connectivity index (χ0v) is 14.4. The maximum absolute atomic E-state index is 15.9. The summed E-state index contributed by atoms with van der Waals surface area (Å²) in [7, 11) is 0. The molecule has 0 bridgehead atoms. The largest absolute Gasteiger partial charge is 0.481 e. The Morgan fingerprint density at radius 3 is 2.60 bits per heavy atom. The van der Waals surface area contributed by atoms with Gasteiger partial charge in [-0.1, -0.05) is 24.3 Å². The Morgan fingerprint density at radius 2 is 2.04 bits per heavy atom. The van der Waals surface area contributed by atoms with Crippen LogP contribution in [0.3, 0.4) is 0 Å². The minimum absolute atomic E-state index is 0.0784. The van der Waals surface area contributed by atoms with Gasteiger partial charge in [0.25, 0.3) is 0 Å². The Hall–Kier alpha value is -2.01. The number of halogens is 2. The van der Waals surface area contributed by atoms with Crippen LogP contribution in [0.15, 0.2) is 41.7 Å². The second-order valence-electron chi connectivity index (χ2n) is 7.27. The van der Waals surface area contributed by atoms with Gasteiger partial charge in [-0.15, -0.1) is 0 Å². The first-order valence-electron chi connectivity index (χ1n) is 8.57. The van der Waals surface area contributed by atoms with E-state index in [1.165, 1.54) is 6.92 Å². The fraction of sp³-hybridized carbons (Fsp3) is 0.450. The summed E-state index contributed by atoms with van der Waals surface area (Å²) in [5, 5.41) is 9.03. The van der Waals surface area contributed by atoms with E-state index in [1.807, 2.05) is 31.2 Å². The van der Waals surface area contributed by atoms with Crippen LogP contribution in [-0.4, -0.2) is 22.8 Å². The molecule has 3 unspecified atom stereocenters. The Labute approximate surface area is 146 Å². The number of nitrogens with two attached hydrogens (primary N) is 1. The van der Waals surface area contributed by atoms with E-state index in [2.05, 4.69) is 0 Å². The predicted octanol–water partition coefficient (Wildman–Crippen LogP) is 4.17. The maximum Gasteiger partial charge on any atom is 0.304 e. The lowest BCUT2D eigenvalue weighted by Gasteiger charge is -2.39. The molecule has 3 rings (SSSR count). The maximum atomic E-state index is 15.9. The molecule has 5 heteroatoms. The first kappa shape index (κ1) is 17.8. The average molecular weight is 347 g/mol. The smallest absolute Gasteiger partial charge is 0.304 e. The van der Waals surface area contributed by atoms with Gasteiger partial charge in [0.15, 0.2) is 0 Å². The second-order valence-corrected chi connectivity index (χ2v) is 7.27. The van der Waals surface area contributed by atoms with Crippen molar-refractivity contribution in [3.63, 3.8) is 0 Å². The van der Waals surface area contributed by atoms with Crippen molar-refractivity contribution < 1.29 is 18.7 Å². The molecule has 3 atom stereocenters. The molecule has 0 aliphatic heterocycles. The first-order valence-corrected chi connectivity index (χ1v) is 8.57. The summed E-state index contributed by atoms with van der Waals surface area (Å²) in [4.78, 5) is 11.0. The number of aliphatic carboxylic acids is 1. The van der Waals surface area contributed by atoms with E-state index in [-0.39, 0.29) is 5.92 Å². The highest BCUT2D eigenvalue weighted by Crippen LogP contribution is 2.52. The number of alkyl halides is 1. The Morgan fingerprint density at radius 1 is 1.40 bits per heavy atom. The van der Waals surface area contributed by atoms with Crippen LogP contribution in [0.25, 0.3) is 5.57 Å². The Kier molecular flexibility index (Phi) is 4.54. The molecule has 0 amide bonds. The van der Waals surface area contributed by atoms with Gasteiger partial charge in [0.1, 0.15) is 11.5 Å². The van der Waals surface area contributed by atoms with Crippen LogP contribution in [-0.2, 0) is 4.79 Å². The van der Waals surface area contributed by atoms with E-state index in [9.17, 15) is 4.79 Å². The fourth-order valence-electron chi connectivity index (χ4n) is 3.78. The van der Waals surface area contributed by atoms with Gasteiger partial charge in [0, 0.05) is 6.04 Å². The Bertz CT molecular complexity index is 763. The number of carbonyl (C=O) groups is 1. The van der Waals surface area contributed by atoms with E-state index < -0.39 is 35.8 Å². The van der Waals surface area contributed by atoms with E-state index in [0.29, 0.717) is 16.7 Å². The average Bonchev–Trinajstić information content (AvgIpc) is 3.32. The lowest BCUT2D eigenvalue weighted by atomic mass is 9.70. The summed E-state index contributed by atoms with van der Waals surface area (Å²) in [6.45, 7) is 3.19. The van der Waals surface area contributed by atoms with Gasteiger partial charge in [-0.05, 0) is 61.0 Å². The molecule has 3 N–H and O–H groups in total. The monoisotopic (exact) mass is 347 g/mol. The summed E-state index contributed by atoms with van der Waals surface area (Å²) < 4.78 is 31.0. The molecule has 2 aliphatic rings. The number of aryl methyl sites for hydroxylation is 1. The van der Waals surface area contributed by atoms with E-state index in [0.717, 1.165) is 18.4 Å². The molecular formula is C20H23F2NO2. The van der Waals surface area contributed by atoms with Crippen LogP contribution < -0.4 is 5.73 Å². The molecule has 0 spiro atoms. The van der Waals surface area contributed by atoms with E-state index in [1.54, 1.807) is 6.08 Å². The number of hydrogen-bond donors (Lipinski definition) is 2. The first-order chi connectivity index (χ1) is 11.7. The van der Waals surface area contributed by atoms with Crippen LogP contribution in [0.5, 0.6) is 0 Å². The van der Waals surface area contributed by atoms with Crippen molar-refractivity contribution in [3.8, 4) is 0 Å². The third-order valence-corrected chi connectivity index (χ3v) is 5.25. The number of rotatable bonds is 5. The zero-order valence-electron chi connectivity index (χ0n) is 14.4. The molecular weight excluding hydrogens is 324 g/mol. The highest BCUT2D eigenvalue weighted by molar-refractivity contribution is 5.79. The summed E-state index contributed by atoms with van der Waals surface area (Å²) in [5.74, 6) is -2.96. The molecule has 1 aromatic carbocycles. The third-order valence-electron chi connectivity index (χ3n) is 5.25. The summed E-state index contributed by atoms with van der Waals surface area (Å²) >= 11 is 0. The van der Waals surface area contributed by atoms with Gasteiger partial charge in [-0.2, -0.15) is 0 Å². The predicted molar refractivity (Wildman–Crippen MR) is 93.2 cm³/mol. The van der Waals surface area contributed by atoms with Crippen LogP contribution in [0, 0.1) is 18.8 Å². The molecule has 1 fully saturated rings. The van der Waals surface area contributed by atoms with Crippen LogP contribution in [0.1, 0.15) is 37.3 Å². The van der Waals surface area contributed by atoms with Crippen molar-refractivity contribution >= 4 is 11.5 Å². The zero-order chi connectivity index (χ0) is 18.4. The molecule has 134 valence electrons. The van der Waals surface area contributed by atoms with Gasteiger partial charge < -0.3 is 10.8 Å². The van der Waals surface area contributed by atoms with Crippen molar-refractivity contribution in [3.05, 3.63) is 52.9 Å². The van der Waals surface area contributed by atoms with Gasteiger partial charge in [0.05, 0.1) is 12.3 Å². The van der Waals surface area contributed by atoms with E-state index >= 15 is 8.78 Å². The minimum atomic E-state index is -2.08. The lowest BCUT2D eigenvalue weighted by molar-refractivity contribution is -0.137. The number of benzene rings is 1. The topological polar surface area (TPSA) is 63.3 Å². The van der Waals surface area contributed by atoms with Crippen molar-refractivity contribution in [1.29, 1.82) is 0 Å². The lowest BCUT2D eigenvalue weighted by Crippen LogP contribution is -2.47. The van der Waals surface area contributed by atoms with Gasteiger partial charge in [0.2, 0.25) is 0 Å². The molecule has 2 aliphatic carbocycles. The van der Waals surface area contributed by atoms with Crippen molar-refractivity contribution in [2.75, 3.05) is 0 Å². The summed E-state index contributed by atoms with van der Waals surface area (Å²) in [5.41, 5.74) is 6.35. The normalized spacial score (nSPS) is 27.9. The second kappa shape index (κ2) is 6.37. The molecule has 0 heterocycles.